The topological polar surface area (TPSA) is 75.7 Å². The third-order valence-corrected chi connectivity index (χ3v) is 7.42. The lowest BCUT2D eigenvalue weighted by Gasteiger charge is -2.18. The fourth-order valence-corrected chi connectivity index (χ4v) is 5.32. The van der Waals surface area contributed by atoms with Gasteiger partial charge in [-0.05, 0) is 66.9 Å². The van der Waals surface area contributed by atoms with Crippen LogP contribution in [0.5, 0.6) is 5.75 Å². The highest BCUT2D eigenvalue weighted by atomic mass is 79.9. The molecule has 3 aromatic rings. The van der Waals surface area contributed by atoms with E-state index in [9.17, 15) is 13.2 Å². The number of anilines is 1. The summed E-state index contributed by atoms with van der Waals surface area (Å²) in [5.41, 5.74) is 2.91. The van der Waals surface area contributed by atoms with Crippen LogP contribution in [0.15, 0.2) is 82.2 Å². The Kier molecular flexibility index (Phi) is 6.64. The number of carbonyl (C=O) groups excluding carboxylic acids is 1. The summed E-state index contributed by atoms with van der Waals surface area (Å²) in [5, 5.41) is 0. The van der Waals surface area contributed by atoms with Crippen LogP contribution in [0, 0.1) is 0 Å². The molecule has 3 aromatic carbocycles. The number of hydrogen-bond acceptors (Lipinski definition) is 4. The zero-order valence-electron chi connectivity index (χ0n) is 17.5. The van der Waals surface area contributed by atoms with Crippen LogP contribution in [0.4, 0.5) is 5.69 Å². The van der Waals surface area contributed by atoms with Crippen molar-refractivity contribution in [2.75, 3.05) is 18.1 Å². The second-order valence-electron chi connectivity index (χ2n) is 7.58. The van der Waals surface area contributed by atoms with E-state index in [-0.39, 0.29) is 23.5 Å². The first kappa shape index (κ1) is 22.5. The maximum Gasteiger partial charge on any atom is 0.264 e. The second-order valence-corrected chi connectivity index (χ2v) is 10.2. The van der Waals surface area contributed by atoms with Crippen molar-refractivity contribution in [3.63, 3.8) is 0 Å². The molecule has 1 heterocycles. The minimum absolute atomic E-state index is 0.120. The van der Waals surface area contributed by atoms with Gasteiger partial charge in [0.1, 0.15) is 5.75 Å². The van der Waals surface area contributed by atoms with Gasteiger partial charge in [0.2, 0.25) is 10.0 Å². The highest BCUT2D eigenvalue weighted by Crippen LogP contribution is 2.30. The standard InChI is InChI=1S/C24H23BrN2O4S/c1-17(18-5-3-2-4-6-18)26-32(29,30)22-10-8-21(9-11-22)31-16-24(28)27-14-13-19-15-20(25)7-12-23(19)27/h2-12,15,17,26H,13-14,16H2,1H3. The van der Waals surface area contributed by atoms with Gasteiger partial charge in [-0.2, -0.15) is 0 Å². The van der Waals surface area contributed by atoms with Gasteiger partial charge < -0.3 is 9.64 Å². The molecule has 0 spiro atoms. The number of ether oxygens (including phenoxy) is 1. The molecule has 32 heavy (non-hydrogen) atoms. The largest absolute Gasteiger partial charge is 0.484 e. The first-order valence-corrected chi connectivity index (χ1v) is 12.5. The second kappa shape index (κ2) is 9.44. The van der Waals surface area contributed by atoms with Crippen molar-refractivity contribution < 1.29 is 17.9 Å². The van der Waals surface area contributed by atoms with Crippen LogP contribution in [0.3, 0.4) is 0 Å². The molecule has 1 aliphatic rings. The average Bonchev–Trinajstić information content (AvgIpc) is 3.21. The Balaban J connectivity index is 1.36. The number of fused-ring (bicyclic) bond motifs is 1. The predicted octanol–water partition coefficient (Wildman–Crippen LogP) is 4.46. The Hall–Kier alpha value is -2.68. The molecule has 0 radical (unpaired) electrons. The summed E-state index contributed by atoms with van der Waals surface area (Å²) < 4.78 is 34.7. The normalized spacial score (nSPS) is 14.1. The summed E-state index contributed by atoms with van der Waals surface area (Å²) in [4.78, 5) is 14.5. The number of benzene rings is 3. The summed E-state index contributed by atoms with van der Waals surface area (Å²) in [6, 6.07) is 20.9. The van der Waals surface area contributed by atoms with E-state index in [1.165, 1.54) is 12.1 Å². The number of rotatable bonds is 7. The highest BCUT2D eigenvalue weighted by Gasteiger charge is 2.25. The smallest absolute Gasteiger partial charge is 0.264 e. The van der Waals surface area contributed by atoms with Crippen LogP contribution in [-0.2, 0) is 21.2 Å². The number of carbonyl (C=O) groups is 1. The van der Waals surface area contributed by atoms with Crippen molar-refractivity contribution in [2.45, 2.75) is 24.3 Å². The number of amides is 1. The van der Waals surface area contributed by atoms with E-state index < -0.39 is 10.0 Å². The Morgan fingerprint density at radius 3 is 2.53 bits per heavy atom. The average molecular weight is 515 g/mol. The lowest BCUT2D eigenvalue weighted by atomic mass is 10.1. The van der Waals surface area contributed by atoms with Crippen LogP contribution in [0.2, 0.25) is 0 Å². The van der Waals surface area contributed by atoms with Crippen molar-refractivity contribution in [1.29, 1.82) is 0 Å². The predicted molar refractivity (Wildman–Crippen MR) is 127 cm³/mol. The molecule has 1 aliphatic heterocycles. The molecule has 1 unspecified atom stereocenters. The van der Waals surface area contributed by atoms with Gasteiger partial charge >= 0.3 is 0 Å². The molecule has 8 heteroatoms. The molecule has 6 nitrogen and oxygen atoms in total. The third-order valence-electron chi connectivity index (χ3n) is 5.37. The maximum atomic E-state index is 12.7. The van der Waals surface area contributed by atoms with E-state index in [1.807, 2.05) is 48.5 Å². The molecule has 1 atom stereocenters. The van der Waals surface area contributed by atoms with Crippen molar-refractivity contribution in [3.8, 4) is 5.75 Å². The maximum absolute atomic E-state index is 12.7. The zero-order chi connectivity index (χ0) is 22.7. The molecule has 0 aromatic heterocycles. The minimum atomic E-state index is -3.69. The lowest BCUT2D eigenvalue weighted by molar-refractivity contribution is -0.120. The van der Waals surface area contributed by atoms with Crippen LogP contribution in [0.1, 0.15) is 24.1 Å². The molecule has 0 saturated carbocycles. The molecule has 0 fully saturated rings. The first-order chi connectivity index (χ1) is 15.3. The van der Waals surface area contributed by atoms with Gasteiger partial charge in [-0.1, -0.05) is 46.3 Å². The van der Waals surface area contributed by atoms with Gasteiger partial charge in [0.05, 0.1) is 4.90 Å². The van der Waals surface area contributed by atoms with Gasteiger partial charge in [0.25, 0.3) is 5.91 Å². The molecular formula is C24H23BrN2O4S. The summed E-state index contributed by atoms with van der Waals surface area (Å²) in [6.07, 6.45) is 0.807. The fourth-order valence-electron chi connectivity index (χ4n) is 3.68. The van der Waals surface area contributed by atoms with Gasteiger partial charge in [0, 0.05) is 22.7 Å². The van der Waals surface area contributed by atoms with Crippen LogP contribution >= 0.6 is 15.9 Å². The van der Waals surface area contributed by atoms with Gasteiger partial charge in [-0.25, -0.2) is 13.1 Å². The van der Waals surface area contributed by atoms with Crippen molar-refractivity contribution >= 4 is 37.5 Å². The van der Waals surface area contributed by atoms with Crippen LogP contribution in [0.25, 0.3) is 0 Å². The highest BCUT2D eigenvalue weighted by molar-refractivity contribution is 9.10. The van der Waals surface area contributed by atoms with E-state index in [4.69, 9.17) is 4.74 Å². The zero-order valence-corrected chi connectivity index (χ0v) is 19.9. The summed E-state index contributed by atoms with van der Waals surface area (Å²) in [7, 11) is -3.69. The summed E-state index contributed by atoms with van der Waals surface area (Å²) >= 11 is 3.45. The Bertz CT molecular complexity index is 1210. The minimum Gasteiger partial charge on any atom is -0.484 e. The molecule has 1 amide bonds. The lowest BCUT2D eigenvalue weighted by Crippen LogP contribution is -2.33. The number of nitrogens with one attached hydrogen (secondary N) is 1. The van der Waals surface area contributed by atoms with Crippen LogP contribution < -0.4 is 14.4 Å². The Morgan fingerprint density at radius 2 is 1.81 bits per heavy atom. The number of sulfonamides is 1. The molecule has 4 rings (SSSR count). The van der Waals surface area contributed by atoms with E-state index in [2.05, 4.69) is 20.7 Å². The van der Waals surface area contributed by atoms with Gasteiger partial charge in [-0.3, -0.25) is 4.79 Å². The molecule has 166 valence electrons. The molecular weight excluding hydrogens is 492 g/mol. The first-order valence-electron chi connectivity index (χ1n) is 10.2. The molecule has 1 N–H and O–H groups in total. The number of nitrogens with zero attached hydrogens (tertiary/aromatic N) is 1. The van der Waals surface area contributed by atoms with Crippen molar-refractivity contribution in [3.05, 3.63) is 88.4 Å². The molecule has 0 bridgehead atoms. The van der Waals surface area contributed by atoms with E-state index >= 15 is 0 Å². The molecule has 0 aliphatic carbocycles. The van der Waals surface area contributed by atoms with Gasteiger partial charge in [0.15, 0.2) is 6.61 Å². The van der Waals surface area contributed by atoms with E-state index in [1.54, 1.807) is 24.0 Å². The Morgan fingerprint density at radius 1 is 1.09 bits per heavy atom. The Labute approximate surface area is 196 Å². The summed E-state index contributed by atoms with van der Waals surface area (Å²) in [5.74, 6) is 0.296. The number of hydrogen-bond donors (Lipinski definition) is 1. The van der Waals surface area contributed by atoms with E-state index in [0.29, 0.717) is 12.3 Å². The van der Waals surface area contributed by atoms with Crippen LogP contribution in [-0.4, -0.2) is 27.5 Å². The fraction of sp³-hybridized carbons (Fsp3) is 0.208. The SMILES string of the molecule is CC(NS(=O)(=O)c1ccc(OCC(=O)N2CCc3cc(Br)ccc32)cc1)c1ccccc1. The number of halogens is 1. The van der Waals surface area contributed by atoms with Gasteiger partial charge in [-0.15, -0.1) is 0 Å². The van der Waals surface area contributed by atoms with Crippen molar-refractivity contribution in [2.24, 2.45) is 0 Å². The quantitative estimate of drug-likeness (QED) is 0.505. The monoisotopic (exact) mass is 514 g/mol. The van der Waals surface area contributed by atoms with Crippen molar-refractivity contribution in [1.82, 2.24) is 4.72 Å². The summed E-state index contributed by atoms with van der Waals surface area (Å²) in [6.45, 7) is 2.30. The third kappa shape index (κ3) is 5.03. The van der Waals surface area contributed by atoms with E-state index in [0.717, 1.165) is 27.7 Å². The molecule has 0 saturated heterocycles.